The quantitative estimate of drug-likeness (QED) is 0.594. The van der Waals surface area contributed by atoms with E-state index < -0.39 is 12.2 Å². The molecule has 3 N–H and O–H groups in total. The van der Waals surface area contributed by atoms with Gasteiger partial charge < -0.3 is 25.3 Å². The molecule has 0 unspecified atom stereocenters. The van der Waals surface area contributed by atoms with Crippen molar-refractivity contribution in [3.8, 4) is 28.5 Å². The van der Waals surface area contributed by atoms with Crippen LogP contribution in [-0.4, -0.2) is 35.1 Å². The van der Waals surface area contributed by atoms with Gasteiger partial charge in [-0.25, -0.2) is 0 Å². The topological polar surface area (TPSA) is 101 Å². The predicted molar refractivity (Wildman–Crippen MR) is 109 cm³/mol. The van der Waals surface area contributed by atoms with Gasteiger partial charge >= 0.3 is 6.29 Å². The third kappa shape index (κ3) is 4.12. The van der Waals surface area contributed by atoms with Crippen molar-refractivity contribution in [2.45, 2.75) is 6.29 Å². The normalized spacial score (nSPS) is 13.8. The molecule has 0 saturated heterocycles. The molecule has 0 spiro atoms. The van der Waals surface area contributed by atoms with Crippen LogP contribution >= 0.6 is 11.6 Å². The molecule has 11 heteroatoms. The molecule has 1 aliphatic rings. The Balaban J connectivity index is 1.67. The van der Waals surface area contributed by atoms with E-state index in [0.29, 0.717) is 34.3 Å². The van der Waals surface area contributed by atoms with Gasteiger partial charge in [0.05, 0.1) is 22.5 Å². The number of alkyl halides is 2. The summed E-state index contributed by atoms with van der Waals surface area (Å²) in [5.74, 6) is -0.713. The molecule has 3 aromatic rings. The van der Waals surface area contributed by atoms with Gasteiger partial charge in [0.2, 0.25) is 0 Å². The zero-order valence-corrected chi connectivity index (χ0v) is 17.0. The van der Waals surface area contributed by atoms with Crippen molar-refractivity contribution in [1.29, 1.82) is 0 Å². The Bertz CT molecular complexity index is 1130. The lowest BCUT2D eigenvalue weighted by atomic mass is 10.1. The Kier molecular flexibility index (Phi) is 5.42. The molecule has 0 aliphatic carbocycles. The number of amides is 1. The van der Waals surface area contributed by atoms with Gasteiger partial charge in [0.15, 0.2) is 11.5 Å². The summed E-state index contributed by atoms with van der Waals surface area (Å²) in [6.07, 6.45) is -2.34. The lowest BCUT2D eigenvalue weighted by Gasteiger charge is -2.14. The summed E-state index contributed by atoms with van der Waals surface area (Å²) in [4.78, 5) is 12.8. The molecule has 8 nitrogen and oxygen atoms in total. The number of nitrogens with one attached hydrogen (secondary N) is 1. The van der Waals surface area contributed by atoms with E-state index in [4.69, 9.17) is 22.1 Å². The van der Waals surface area contributed by atoms with Gasteiger partial charge in [-0.05, 0) is 30.3 Å². The van der Waals surface area contributed by atoms with E-state index in [0.717, 1.165) is 0 Å². The van der Waals surface area contributed by atoms with Gasteiger partial charge in [0.25, 0.3) is 5.91 Å². The number of fused-ring (bicyclic) bond motifs is 1. The Morgan fingerprint density at radius 3 is 2.84 bits per heavy atom. The number of aryl methyl sites for hydroxylation is 1. The molecule has 2 aromatic carbocycles. The molecule has 1 aliphatic heterocycles. The lowest BCUT2D eigenvalue weighted by Crippen LogP contribution is -2.26. The van der Waals surface area contributed by atoms with Crippen molar-refractivity contribution in [1.82, 2.24) is 9.78 Å². The van der Waals surface area contributed by atoms with Crippen molar-refractivity contribution in [2.24, 2.45) is 12.8 Å². The van der Waals surface area contributed by atoms with Gasteiger partial charge in [-0.3, -0.25) is 9.48 Å². The number of anilines is 1. The zero-order chi connectivity index (χ0) is 22.2. The summed E-state index contributed by atoms with van der Waals surface area (Å²) in [6.45, 7) is 0.582. The minimum Gasteiger partial charge on any atom is -0.492 e. The van der Waals surface area contributed by atoms with E-state index in [2.05, 4.69) is 19.9 Å². The van der Waals surface area contributed by atoms with E-state index >= 15 is 0 Å². The monoisotopic (exact) mass is 450 g/mol. The third-order valence-electron chi connectivity index (χ3n) is 4.44. The van der Waals surface area contributed by atoms with E-state index in [1.807, 2.05) is 0 Å². The number of nitrogens with zero attached hydrogens (tertiary/aromatic N) is 2. The lowest BCUT2D eigenvalue weighted by molar-refractivity contribution is -0.286. The highest BCUT2D eigenvalue weighted by Crippen LogP contribution is 2.43. The fraction of sp³-hybridized carbons (Fsp3) is 0.200. The summed E-state index contributed by atoms with van der Waals surface area (Å²) >= 11 is 6.28. The fourth-order valence-electron chi connectivity index (χ4n) is 3.15. The highest BCUT2D eigenvalue weighted by atomic mass is 35.5. The van der Waals surface area contributed by atoms with E-state index in [-0.39, 0.29) is 23.7 Å². The summed E-state index contributed by atoms with van der Waals surface area (Å²) in [6, 6.07) is 8.96. The first kappa shape index (κ1) is 20.9. The second kappa shape index (κ2) is 8.05. The highest BCUT2D eigenvalue weighted by Gasteiger charge is 2.45. The van der Waals surface area contributed by atoms with E-state index in [1.165, 1.54) is 24.4 Å². The maximum atomic E-state index is 13.4. The molecule has 4 rings (SSSR count). The van der Waals surface area contributed by atoms with E-state index in [1.54, 1.807) is 29.9 Å². The Hall–Kier alpha value is -3.37. The zero-order valence-electron chi connectivity index (χ0n) is 16.2. The Morgan fingerprint density at radius 2 is 2.13 bits per heavy atom. The highest BCUT2D eigenvalue weighted by molar-refractivity contribution is 6.33. The molecule has 0 fully saturated rings. The second-order valence-electron chi connectivity index (χ2n) is 6.57. The molecule has 1 amide bonds. The van der Waals surface area contributed by atoms with Crippen molar-refractivity contribution >= 4 is 23.2 Å². The summed E-state index contributed by atoms with van der Waals surface area (Å²) in [5.41, 5.74) is 6.95. The summed E-state index contributed by atoms with van der Waals surface area (Å²) in [7, 11) is 1.71. The number of hydrogen-bond acceptors (Lipinski definition) is 6. The van der Waals surface area contributed by atoms with Crippen molar-refractivity contribution in [2.75, 3.05) is 18.5 Å². The molecule has 31 heavy (non-hydrogen) atoms. The number of nitrogens with two attached hydrogens (primary N) is 1. The first-order chi connectivity index (χ1) is 14.8. The second-order valence-corrected chi connectivity index (χ2v) is 6.97. The number of rotatable bonds is 6. The third-order valence-corrected chi connectivity index (χ3v) is 4.71. The number of carbonyl (C=O) groups excluding carboxylic acids is 1. The molecule has 2 heterocycles. The maximum Gasteiger partial charge on any atom is 0.586 e. The van der Waals surface area contributed by atoms with Crippen LogP contribution in [0.3, 0.4) is 0 Å². The van der Waals surface area contributed by atoms with Gasteiger partial charge in [0.1, 0.15) is 12.4 Å². The standard InChI is InChI=1S/C20H17ClF2N4O4/c1-27-17(14(21)10-25-27)13-9-11(5-6-15(13)29-8-7-24)26-19(28)12-3-2-4-16-18(12)31-20(22,23)30-16/h2-6,9-10H,7-8,24H2,1H3,(H,26,28). The Morgan fingerprint density at radius 1 is 1.32 bits per heavy atom. The minimum absolute atomic E-state index is 0.0988. The van der Waals surface area contributed by atoms with Crippen LogP contribution in [0.15, 0.2) is 42.6 Å². The number of benzene rings is 2. The van der Waals surface area contributed by atoms with Crippen LogP contribution in [0.5, 0.6) is 17.2 Å². The number of ether oxygens (including phenoxy) is 3. The maximum absolute atomic E-state index is 13.4. The van der Waals surface area contributed by atoms with Gasteiger partial charge in [0, 0.05) is 24.8 Å². The molecule has 1 aromatic heterocycles. The van der Waals surface area contributed by atoms with Crippen LogP contribution in [0.25, 0.3) is 11.3 Å². The smallest absolute Gasteiger partial charge is 0.492 e. The SMILES string of the molecule is Cn1ncc(Cl)c1-c1cc(NC(=O)c2cccc3c2OC(F)(F)O3)ccc1OCCN. The fourth-order valence-corrected chi connectivity index (χ4v) is 3.42. The number of hydrogen-bond donors (Lipinski definition) is 2. The number of para-hydroxylation sites is 1. The minimum atomic E-state index is -3.83. The van der Waals surface area contributed by atoms with Crippen molar-refractivity contribution in [3.63, 3.8) is 0 Å². The molecule has 162 valence electrons. The van der Waals surface area contributed by atoms with Crippen LogP contribution < -0.4 is 25.3 Å². The van der Waals surface area contributed by atoms with Crippen LogP contribution in [0.2, 0.25) is 5.02 Å². The molecule has 0 radical (unpaired) electrons. The first-order valence-electron chi connectivity index (χ1n) is 9.14. The first-order valence-corrected chi connectivity index (χ1v) is 9.52. The Labute approximate surface area is 180 Å². The summed E-state index contributed by atoms with van der Waals surface area (Å²) < 4.78 is 43.0. The molecular formula is C20H17ClF2N4O4. The average molecular weight is 451 g/mol. The van der Waals surface area contributed by atoms with Gasteiger partial charge in [-0.1, -0.05) is 17.7 Å². The average Bonchev–Trinajstić information content (AvgIpc) is 3.23. The molecule has 0 saturated carbocycles. The van der Waals surface area contributed by atoms with Crippen LogP contribution in [0, 0.1) is 0 Å². The van der Waals surface area contributed by atoms with Gasteiger partial charge in [-0.15, -0.1) is 8.78 Å². The largest absolute Gasteiger partial charge is 0.586 e. The van der Waals surface area contributed by atoms with Crippen LogP contribution in [-0.2, 0) is 7.05 Å². The number of aromatic nitrogens is 2. The van der Waals surface area contributed by atoms with Gasteiger partial charge in [-0.2, -0.15) is 5.10 Å². The molecule has 0 atom stereocenters. The van der Waals surface area contributed by atoms with Crippen molar-refractivity contribution < 1.29 is 27.8 Å². The van der Waals surface area contributed by atoms with Crippen molar-refractivity contribution in [3.05, 3.63) is 53.2 Å². The molecular weight excluding hydrogens is 434 g/mol. The summed E-state index contributed by atoms with van der Waals surface area (Å²) in [5, 5.41) is 7.17. The van der Waals surface area contributed by atoms with Crippen LogP contribution in [0.1, 0.15) is 10.4 Å². The van der Waals surface area contributed by atoms with Crippen LogP contribution in [0.4, 0.5) is 14.5 Å². The predicted octanol–water partition coefficient (Wildman–Crippen LogP) is 3.65. The number of carbonyl (C=O) groups is 1. The molecule has 0 bridgehead atoms. The van der Waals surface area contributed by atoms with E-state index in [9.17, 15) is 13.6 Å². The number of halogens is 3.